The highest BCUT2D eigenvalue weighted by Gasteiger charge is 2.19. The molecule has 3 nitrogen and oxygen atoms in total. The highest BCUT2D eigenvalue weighted by atomic mass is 19.1. The second-order valence-corrected chi connectivity index (χ2v) is 3.73. The van der Waals surface area contributed by atoms with Crippen molar-refractivity contribution in [2.45, 2.75) is 33.3 Å². The van der Waals surface area contributed by atoms with Gasteiger partial charge < -0.3 is 9.47 Å². The Hall–Kier alpha value is -1.65. The van der Waals surface area contributed by atoms with E-state index in [9.17, 15) is 13.6 Å². The Labute approximate surface area is 105 Å². The fourth-order valence-corrected chi connectivity index (χ4v) is 1.53. The molecule has 0 saturated carbocycles. The monoisotopic (exact) mass is 258 g/mol. The number of ether oxygens (including phenoxy) is 2. The van der Waals surface area contributed by atoms with Crippen molar-refractivity contribution in [2.75, 3.05) is 6.61 Å². The van der Waals surface area contributed by atoms with E-state index < -0.39 is 23.7 Å². The smallest absolute Gasteiger partial charge is 0.347 e. The summed E-state index contributed by atoms with van der Waals surface area (Å²) in [5.74, 6) is -1.95. The molecule has 1 unspecified atom stereocenters. The lowest BCUT2D eigenvalue weighted by atomic mass is 10.1. The van der Waals surface area contributed by atoms with Crippen molar-refractivity contribution in [3.8, 4) is 5.75 Å². The van der Waals surface area contributed by atoms with Crippen molar-refractivity contribution < 1.29 is 23.0 Å². The fourth-order valence-electron chi connectivity index (χ4n) is 1.53. The standard InChI is InChI=1S/C13H16F2O3/c1-4-10-11(15)6-9(14)7-12(10)18-8(3)13(16)17-5-2/h6-8H,4-5H2,1-3H3. The zero-order valence-electron chi connectivity index (χ0n) is 10.6. The maximum absolute atomic E-state index is 13.5. The van der Waals surface area contributed by atoms with Gasteiger partial charge in [-0.15, -0.1) is 0 Å². The van der Waals surface area contributed by atoms with Crippen LogP contribution in [-0.2, 0) is 16.0 Å². The van der Waals surface area contributed by atoms with Crippen molar-refractivity contribution in [3.63, 3.8) is 0 Å². The minimum Gasteiger partial charge on any atom is -0.479 e. The topological polar surface area (TPSA) is 35.5 Å². The third-order valence-corrected chi connectivity index (χ3v) is 2.40. The summed E-state index contributed by atoms with van der Waals surface area (Å²) in [7, 11) is 0. The summed E-state index contributed by atoms with van der Waals surface area (Å²) in [6.45, 7) is 5.09. The molecule has 1 aromatic carbocycles. The predicted octanol–water partition coefficient (Wildman–Crippen LogP) is 2.86. The number of halogens is 2. The first-order chi connectivity index (χ1) is 8.49. The molecule has 0 spiro atoms. The van der Waals surface area contributed by atoms with Gasteiger partial charge in [-0.3, -0.25) is 0 Å². The Balaban J connectivity index is 2.93. The van der Waals surface area contributed by atoms with E-state index in [0.29, 0.717) is 6.42 Å². The van der Waals surface area contributed by atoms with E-state index >= 15 is 0 Å². The predicted molar refractivity (Wildman–Crippen MR) is 62.5 cm³/mol. The number of carbonyl (C=O) groups is 1. The molecule has 100 valence electrons. The Morgan fingerprint density at radius 3 is 2.56 bits per heavy atom. The highest BCUT2D eigenvalue weighted by molar-refractivity contribution is 5.74. The Morgan fingerprint density at radius 1 is 1.33 bits per heavy atom. The largest absolute Gasteiger partial charge is 0.479 e. The molecule has 0 radical (unpaired) electrons. The number of hydrogen-bond donors (Lipinski definition) is 0. The molecule has 1 rings (SSSR count). The summed E-state index contributed by atoms with van der Waals surface area (Å²) in [6, 6.07) is 1.86. The van der Waals surface area contributed by atoms with Gasteiger partial charge in [0, 0.05) is 17.7 Å². The van der Waals surface area contributed by atoms with E-state index in [1.807, 2.05) is 0 Å². The van der Waals surface area contributed by atoms with E-state index in [4.69, 9.17) is 9.47 Å². The van der Waals surface area contributed by atoms with E-state index in [1.165, 1.54) is 6.92 Å². The molecule has 0 aliphatic carbocycles. The number of rotatable bonds is 5. The first kappa shape index (κ1) is 14.4. The molecule has 0 bridgehead atoms. The first-order valence-electron chi connectivity index (χ1n) is 5.80. The quantitative estimate of drug-likeness (QED) is 0.762. The molecule has 0 aromatic heterocycles. The van der Waals surface area contributed by atoms with Crippen LogP contribution in [0, 0.1) is 11.6 Å². The summed E-state index contributed by atoms with van der Waals surface area (Å²) >= 11 is 0. The maximum Gasteiger partial charge on any atom is 0.347 e. The van der Waals surface area contributed by atoms with Crippen molar-refractivity contribution >= 4 is 5.97 Å². The lowest BCUT2D eigenvalue weighted by Crippen LogP contribution is -2.26. The molecule has 0 aliphatic rings. The Bertz CT molecular complexity index is 432. The van der Waals surface area contributed by atoms with Crippen LogP contribution in [0.2, 0.25) is 0 Å². The summed E-state index contributed by atoms with van der Waals surface area (Å²) in [6.07, 6.45) is -0.562. The Morgan fingerprint density at radius 2 is 2.00 bits per heavy atom. The average Bonchev–Trinajstić information content (AvgIpc) is 2.28. The van der Waals surface area contributed by atoms with Crippen molar-refractivity contribution in [1.29, 1.82) is 0 Å². The highest BCUT2D eigenvalue weighted by Crippen LogP contribution is 2.25. The molecule has 0 saturated heterocycles. The van der Waals surface area contributed by atoms with Gasteiger partial charge in [0.25, 0.3) is 0 Å². The SMILES string of the molecule is CCOC(=O)C(C)Oc1cc(F)cc(F)c1CC. The molecular formula is C13H16F2O3. The zero-order valence-corrected chi connectivity index (χ0v) is 10.6. The van der Waals surface area contributed by atoms with Gasteiger partial charge in [-0.05, 0) is 20.3 Å². The van der Waals surface area contributed by atoms with E-state index in [-0.39, 0.29) is 17.9 Å². The molecule has 1 aromatic rings. The molecule has 0 amide bonds. The normalized spacial score (nSPS) is 12.1. The van der Waals surface area contributed by atoms with Gasteiger partial charge in [-0.2, -0.15) is 0 Å². The summed E-state index contributed by atoms with van der Waals surface area (Å²) in [5, 5.41) is 0. The lowest BCUT2D eigenvalue weighted by molar-refractivity contribution is -0.150. The first-order valence-corrected chi connectivity index (χ1v) is 5.80. The van der Waals surface area contributed by atoms with Gasteiger partial charge in [-0.1, -0.05) is 6.92 Å². The second-order valence-electron chi connectivity index (χ2n) is 3.73. The van der Waals surface area contributed by atoms with Crippen molar-refractivity contribution in [2.24, 2.45) is 0 Å². The molecular weight excluding hydrogens is 242 g/mol. The molecule has 0 N–H and O–H groups in total. The fraction of sp³-hybridized carbons (Fsp3) is 0.462. The summed E-state index contributed by atoms with van der Waals surface area (Å²) < 4.78 is 36.6. The molecule has 1 atom stereocenters. The third kappa shape index (κ3) is 3.42. The van der Waals surface area contributed by atoms with Crippen molar-refractivity contribution in [3.05, 3.63) is 29.3 Å². The van der Waals surface area contributed by atoms with E-state index in [1.54, 1.807) is 13.8 Å². The van der Waals surface area contributed by atoms with Crippen LogP contribution in [0.4, 0.5) is 8.78 Å². The van der Waals surface area contributed by atoms with Gasteiger partial charge in [0.1, 0.15) is 17.4 Å². The maximum atomic E-state index is 13.5. The number of benzene rings is 1. The molecule has 0 aliphatic heterocycles. The summed E-state index contributed by atoms with van der Waals surface area (Å²) in [4.78, 5) is 11.4. The minimum absolute atomic E-state index is 0.0375. The van der Waals surface area contributed by atoms with E-state index in [0.717, 1.165) is 12.1 Å². The molecule has 5 heteroatoms. The van der Waals surface area contributed by atoms with Gasteiger partial charge in [0.15, 0.2) is 6.10 Å². The van der Waals surface area contributed by atoms with Crippen LogP contribution in [0.1, 0.15) is 26.3 Å². The molecule has 0 fully saturated rings. The van der Waals surface area contributed by atoms with Crippen LogP contribution in [0.25, 0.3) is 0 Å². The lowest BCUT2D eigenvalue weighted by Gasteiger charge is -2.16. The summed E-state index contributed by atoms with van der Waals surface area (Å²) in [5.41, 5.74) is 0.243. The minimum atomic E-state index is -0.906. The van der Waals surface area contributed by atoms with E-state index in [2.05, 4.69) is 0 Å². The van der Waals surface area contributed by atoms with Gasteiger partial charge in [-0.25, -0.2) is 13.6 Å². The second kappa shape index (κ2) is 6.33. The zero-order chi connectivity index (χ0) is 13.7. The van der Waals surface area contributed by atoms with Crippen LogP contribution < -0.4 is 4.74 Å². The third-order valence-electron chi connectivity index (χ3n) is 2.40. The van der Waals surface area contributed by atoms with Crippen LogP contribution >= 0.6 is 0 Å². The number of carbonyl (C=O) groups excluding carboxylic acids is 1. The number of hydrogen-bond acceptors (Lipinski definition) is 3. The van der Waals surface area contributed by atoms with Crippen LogP contribution in [0.3, 0.4) is 0 Å². The van der Waals surface area contributed by atoms with Gasteiger partial charge in [0.05, 0.1) is 6.61 Å². The van der Waals surface area contributed by atoms with Crippen LogP contribution in [0.5, 0.6) is 5.75 Å². The van der Waals surface area contributed by atoms with Gasteiger partial charge in [0.2, 0.25) is 0 Å². The van der Waals surface area contributed by atoms with Gasteiger partial charge >= 0.3 is 5.97 Å². The molecule has 0 heterocycles. The van der Waals surface area contributed by atoms with Crippen LogP contribution in [0.15, 0.2) is 12.1 Å². The Kier molecular flexibility index (Phi) is 5.07. The molecule has 18 heavy (non-hydrogen) atoms. The van der Waals surface area contributed by atoms with Crippen LogP contribution in [-0.4, -0.2) is 18.7 Å². The number of esters is 1. The average molecular weight is 258 g/mol. The van der Waals surface area contributed by atoms with Crippen molar-refractivity contribution in [1.82, 2.24) is 0 Å².